The second kappa shape index (κ2) is 7.51. The summed E-state index contributed by atoms with van der Waals surface area (Å²) in [6.45, 7) is 2.32. The van der Waals surface area contributed by atoms with Gasteiger partial charge in [-0.05, 0) is 36.1 Å². The van der Waals surface area contributed by atoms with Gasteiger partial charge in [-0.15, -0.1) is 5.10 Å². The number of ether oxygens (including phenoxy) is 2. The maximum absolute atomic E-state index is 13.1. The summed E-state index contributed by atoms with van der Waals surface area (Å²) in [6.07, 6.45) is 7.91. The molecule has 1 aliphatic carbocycles. The average molecular weight is 428 g/mol. The molecule has 3 aromatic rings. The molecule has 1 saturated heterocycles. The molecule has 0 radical (unpaired) electrons. The highest BCUT2D eigenvalue weighted by atomic mass is 16.6. The van der Waals surface area contributed by atoms with Crippen LogP contribution in [0.3, 0.4) is 0 Å². The van der Waals surface area contributed by atoms with Gasteiger partial charge in [-0.1, -0.05) is 53.8 Å². The molecule has 162 valence electrons. The van der Waals surface area contributed by atoms with Gasteiger partial charge in [0.25, 0.3) is 5.91 Å². The van der Waals surface area contributed by atoms with Gasteiger partial charge >= 0.3 is 0 Å². The first-order valence-corrected chi connectivity index (χ1v) is 11.1. The molecule has 1 unspecified atom stereocenters. The van der Waals surface area contributed by atoms with E-state index < -0.39 is 0 Å². The van der Waals surface area contributed by atoms with Crippen LogP contribution in [0.1, 0.15) is 34.5 Å². The Hall–Kier alpha value is -3.61. The maximum atomic E-state index is 13.1. The van der Waals surface area contributed by atoms with Gasteiger partial charge in [0.2, 0.25) is 0 Å². The number of carbonyl (C=O) groups excluding carboxylic acids is 1. The molecule has 1 aromatic heterocycles. The number of benzene rings is 2. The predicted molar refractivity (Wildman–Crippen MR) is 119 cm³/mol. The van der Waals surface area contributed by atoms with E-state index in [4.69, 9.17) is 9.47 Å². The van der Waals surface area contributed by atoms with E-state index in [0.29, 0.717) is 31.9 Å². The summed E-state index contributed by atoms with van der Waals surface area (Å²) in [5.74, 6) is 1.42. The van der Waals surface area contributed by atoms with Crippen molar-refractivity contribution in [3.63, 3.8) is 0 Å². The number of aromatic nitrogens is 3. The molecule has 7 heteroatoms. The van der Waals surface area contributed by atoms with Crippen LogP contribution in [0.2, 0.25) is 0 Å². The fourth-order valence-electron chi connectivity index (χ4n) is 4.99. The van der Waals surface area contributed by atoms with Crippen molar-refractivity contribution in [2.24, 2.45) is 0 Å². The van der Waals surface area contributed by atoms with Gasteiger partial charge in [-0.25, -0.2) is 4.68 Å². The standard InChI is InChI=1S/C25H24N4O3/c30-24(28-13-11-25(12-14-28)10-9-18-5-1-2-6-20(18)25)21-16-29(27-26-21)15-19-17-31-22-7-3-4-8-23(22)32-19/h1-10,16,19H,11-15,17H2. The third-order valence-electron chi connectivity index (χ3n) is 6.74. The smallest absolute Gasteiger partial charge is 0.276 e. The molecule has 32 heavy (non-hydrogen) atoms. The molecule has 7 nitrogen and oxygen atoms in total. The zero-order chi connectivity index (χ0) is 21.5. The summed E-state index contributed by atoms with van der Waals surface area (Å²) < 4.78 is 13.4. The minimum absolute atomic E-state index is 0.0552. The van der Waals surface area contributed by atoms with Crippen LogP contribution in [0.25, 0.3) is 6.08 Å². The number of carbonyl (C=O) groups is 1. The monoisotopic (exact) mass is 428 g/mol. The highest BCUT2D eigenvalue weighted by molar-refractivity contribution is 5.92. The highest BCUT2D eigenvalue weighted by Crippen LogP contribution is 2.43. The number of amides is 1. The van der Waals surface area contributed by atoms with Crippen LogP contribution in [0.15, 0.2) is 60.8 Å². The van der Waals surface area contributed by atoms with Crippen molar-refractivity contribution in [2.75, 3.05) is 19.7 Å². The minimum Gasteiger partial charge on any atom is -0.486 e. The lowest BCUT2D eigenvalue weighted by Gasteiger charge is -2.39. The Balaban J connectivity index is 1.09. The van der Waals surface area contributed by atoms with Crippen LogP contribution < -0.4 is 9.47 Å². The maximum Gasteiger partial charge on any atom is 0.276 e. The van der Waals surface area contributed by atoms with Crippen molar-refractivity contribution < 1.29 is 14.3 Å². The van der Waals surface area contributed by atoms with Crippen molar-refractivity contribution in [3.8, 4) is 11.5 Å². The fourth-order valence-corrected chi connectivity index (χ4v) is 4.99. The number of para-hydroxylation sites is 2. The predicted octanol–water partition coefficient (Wildman–Crippen LogP) is 3.32. The van der Waals surface area contributed by atoms with Crippen molar-refractivity contribution in [1.29, 1.82) is 0 Å². The lowest BCUT2D eigenvalue weighted by molar-refractivity contribution is 0.0683. The Kier molecular flexibility index (Phi) is 4.48. The Morgan fingerprint density at radius 1 is 1.06 bits per heavy atom. The number of allylic oxidation sites excluding steroid dienone is 1. The van der Waals surface area contributed by atoms with E-state index in [1.165, 1.54) is 11.1 Å². The summed E-state index contributed by atoms with van der Waals surface area (Å²) in [7, 11) is 0. The molecular formula is C25H24N4O3. The number of fused-ring (bicyclic) bond motifs is 3. The summed E-state index contributed by atoms with van der Waals surface area (Å²) >= 11 is 0. The van der Waals surface area contributed by atoms with E-state index in [1.807, 2.05) is 29.2 Å². The number of hydrogen-bond donors (Lipinski definition) is 0. The van der Waals surface area contributed by atoms with Gasteiger partial charge in [0.1, 0.15) is 6.61 Å². The van der Waals surface area contributed by atoms with Crippen LogP contribution in [0, 0.1) is 0 Å². The Morgan fingerprint density at radius 3 is 2.72 bits per heavy atom. The van der Waals surface area contributed by atoms with Crippen molar-refractivity contribution in [1.82, 2.24) is 19.9 Å². The quantitative estimate of drug-likeness (QED) is 0.640. The summed E-state index contributed by atoms with van der Waals surface area (Å²) in [5, 5.41) is 8.29. The number of rotatable bonds is 3. The van der Waals surface area contributed by atoms with Crippen LogP contribution in [0.4, 0.5) is 0 Å². The van der Waals surface area contributed by atoms with E-state index in [-0.39, 0.29) is 17.4 Å². The van der Waals surface area contributed by atoms with Crippen LogP contribution in [-0.2, 0) is 12.0 Å². The topological polar surface area (TPSA) is 69.5 Å². The Labute approximate surface area is 186 Å². The molecular weight excluding hydrogens is 404 g/mol. The van der Waals surface area contributed by atoms with Gasteiger partial charge in [-0.2, -0.15) is 0 Å². The molecule has 2 aliphatic heterocycles. The van der Waals surface area contributed by atoms with E-state index >= 15 is 0 Å². The summed E-state index contributed by atoms with van der Waals surface area (Å²) in [5.41, 5.74) is 3.11. The van der Waals surface area contributed by atoms with Gasteiger partial charge in [-0.3, -0.25) is 4.79 Å². The van der Waals surface area contributed by atoms with Gasteiger partial charge in [0.15, 0.2) is 23.3 Å². The third kappa shape index (κ3) is 3.25. The van der Waals surface area contributed by atoms with E-state index in [9.17, 15) is 4.79 Å². The first-order chi connectivity index (χ1) is 15.7. The number of hydrogen-bond acceptors (Lipinski definition) is 5. The number of piperidine rings is 1. The second-order valence-electron chi connectivity index (χ2n) is 8.69. The molecule has 1 fully saturated rings. The molecule has 1 atom stereocenters. The second-order valence-corrected chi connectivity index (χ2v) is 8.69. The van der Waals surface area contributed by atoms with E-state index in [1.54, 1.807) is 10.9 Å². The first-order valence-electron chi connectivity index (χ1n) is 11.1. The lowest BCUT2D eigenvalue weighted by Crippen LogP contribution is -2.44. The van der Waals surface area contributed by atoms with Crippen molar-refractivity contribution in [2.45, 2.75) is 30.9 Å². The van der Waals surface area contributed by atoms with Gasteiger partial charge in [0, 0.05) is 18.5 Å². The third-order valence-corrected chi connectivity index (χ3v) is 6.74. The van der Waals surface area contributed by atoms with Crippen molar-refractivity contribution >= 4 is 12.0 Å². The molecule has 2 aromatic carbocycles. The molecule has 3 aliphatic rings. The molecule has 0 bridgehead atoms. The van der Waals surface area contributed by atoms with Crippen LogP contribution in [0.5, 0.6) is 11.5 Å². The van der Waals surface area contributed by atoms with Gasteiger partial charge < -0.3 is 14.4 Å². The summed E-state index contributed by atoms with van der Waals surface area (Å²) in [6, 6.07) is 16.2. The Bertz CT molecular complexity index is 1190. The molecule has 1 spiro atoms. The van der Waals surface area contributed by atoms with E-state index in [2.05, 4.69) is 46.7 Å². The molecule has 1 amide bonds. The lowest BCUT2D eigenvalue weighted by atomic mass is 9.74. The zero-order valence-electron chi connectivity index (χ0n) is 17.7. The average Bonchev–Trinajstić information content (AvgIpc) is 3.45. The van der Waals surface area contributed by atoms with Crippen LogP contribution in [-0.4, -0.2) is 51.6 Å². The Morgan fingerprint density at radius 2 is 1.84 bits per heavy atom. The first kappa shape index (κ1) is 19.1. The molecule has 6 rings (SSSR count). The highest BCUT2D eigenvalue weighted by Gasteiger charge is 2.39. The molecule has 0 saturated carbocycles. The van der Waals surface area contributed by atoms with Crippen LogP contribution >= 0.6 is 0 Å². The largest absolute Gasteiger partial charge is 0.486 e. The summed E-state index contributed by atoms with van der Waals surface area (Å²) in [4.78, 5) is 14.9. The molecule has 3 heterocycles. The van der Waals surface area contributed by atoms with E-state index in [0.717, 1.165) is 24.3 Å². The fraction of sp³-hybridized carbons (Fsp3) is 0.320. The number of likely N-dealkylation sites (tertiary alicyclic amines) is 1. The molecule has 0 N–H and O–H groups in total. The zero-order valence-corrected chi connectivity index (χ0v) is 17.7. The van der Waals surface area contributed by atoms with Crippen molar-refractivity contribution in [3.05, 3.63) is 77.6 Å². The SMILES string of the molecule is O=C(c1cn(CC2COc3ccccc3O2)nn1)N1CCC2(C=Cc3ccccc32)CC1. The number of nitrogens with zero attached hydrogens (tertiary/aromatic N) is 4. The normalized spacial score (nSPS) is 20.4. The van der Waals surface area contributed by atoms with Gasteiger partial charge in [0.05, 0.1) is 12.7 Å². The minimum atomic E-state index is -0.182.